The molecule has 0 unspecified atom stereocenters. The lowest BCUT2D eigenvalue weighted by Gasteiger charge is -2.25. The van der Waals surface area contributed by atoms with Gasteiger partial charge in [-0.3, -0.25) is 9.59 Å². The first-order valence-corrected chi connectivity index (χ1v) is 12.0. The second kappa shape index (κ2) is 9.46. The van der Waals surface area contributed by atoms with Crippen LogP contribution in [0.3, 0.4) is 0 Å². The summed E-state index contributed by atoms with van der Waals surface area (Å²) in [6.07, 6.45) is 1.59. The van der Waals surface area contributed by atoms with Crippen molar-refractivity contribution in [2.45, 2.75) is 51.7 Å². The molecule has 2 atom stereocenters. The van der Waals surface area contributed by atoms with Crippen LogP contribution in [0, 0.1) is 17.2 Å². The number of nitrogens with zero attached hydrogens (tertiary/aromatic N) is 4. The zero-order chi connectivity index (χ0) is 25.4. The number of benzene rings is 2. The summed E-state index contributed by atoms with van der Waals surface area (Å²) in [5.74, 6) is 0.628. The zero-order valence-electron chi connectivity index (χ0n) is 20.1. The summed E-state index contributed by atoms with van der Waals surface area (Å²) in [7, 11) is 0. The molecule has 184 valence electrons. The molecule has 9 heteroatoms. The number of nitriles is 1. The van der Waals surface area contributed by atoms with Gasteiger partial charge >= 0.3 is 5.97 Å². The Bertz CT molecular complexity index is 1370. The predicted octanol–water partition coefficient (Wildman–Crippen LogP) is 4.37. The maximum Gasteiger partial charge on any atom is 0.303 e. The highest BCUT2D eigenvalue weighted by atomic mass is 16.5. The van der Waals surface area contributed by atoms with Crippen LogP contribution in [0.2, 0.25) is 0 Å². The number of carbonyl (C=O) groups is 2. The molecule has 0 saturated carbocycles. The number of likely N-dealkylation sites (tertiary alicyclic amines) is 1. The molecule has 1 amide bonds. The van der Waals surface area contributed by atoms with Gasteiger partial charge in [-0.15, -0.1) is 0 Å². The highest BCUT2D eigenvalue weighted by Crippen LogP contribution is 2.49. The van der Waals surface area contributed by atoms with Gasteiger partial charge in [-0.2, -0.15) is 10.2 Å². The lowest BCUT2D eigenvalue weighted by molar-refractivity contribution is -0.138. The van der Waals surface area contributed by atoms with E-state index in [-0.39, 0.29) is 30.4 Å². The molecule has 36 heavy (non-hydrogen) atoms. The van der Waals surface area contributed by atoms with Crippen LogP contribution in [0.4, 0.5) is 0 Å². The van der Waals surface area contributed by atoms with Crippen LogP contribution < -0.4 is 4.74 Å². The average molecular weight is 487 g/mol. The van der Waals surface area contributed by atoms with E-state index < -0.39 is 5.97 Å². The number of carbonyl (C=O) groups excluding carboxylic acids is 1. The quantitative estimate of drug-likeness (QED) is 0.497. The number of carboxylic acids is 1. The van der Waals surface area contributed by atoms with Gasteiger partial charge in [-0.25, -0.2) is 0 Å². The molecule has 2 aliphatic rings. The van der Waals surface area contributed by atoms with E-state index in [4.69, 9.17) is 14.4 Å². The molecule has 2 aromatic carbocycles. The lowest BCUT2D eigenvalue weighted by Crippen LogP contribution is -2.29. The monoisotopic (exact) mass is 486 g/mol. The van der Waals surface area contributed by atoms with Crippen LogP contribution in [0.1, 0.15) is 55.8 Å². The Morgan fingerprint density at radius 2 is 2.14 bits per heavy atom. The standard InChI is InChI=1S/C27H26N4O5/c1-15(2)35-22-9-8-16(11-18(22)14-28)27-29-26(30-36-27)20-6-3-5-19-21(20)12-17-13-23(32)31(25(17)19)10-4-7-24(33)34/h3,5-6,8-9,11,15,17,25H,4,7,10,12-13H2,1-2H3,(H,33,34)/t17-,25+/m0/s1. The van der Waals surface area contributed by atoms with Crippen LogP contribution in [0.25, 0.3) is 22.8 Å². The molecule has 0 bridgehead atoms. The van der Waals surface area contributed by atoms with Gasteiger partial charge in [0.1, 0.15) is 11.8 Å². The van der Waals surface area contributed by atoms with E-state index >= 15 is 0 Å². The van der Waals surface area contributed by atoms with Crippen LogP contribution in [-0.2, 0) is 16.0 Å². The van der Waals surface area contributed by atoms with E-state index in [2.05, 4.69) is 16.2 Å². The van der Waals surface area contributed by atoms with Crippen molar-refractivity contribution in [1.29, 1.82) is 5.26 Å². The molecular weight excluding hydrogens is 460 g/mol. The van der Waals surface area contributed by atoms with Gasteiger partial charge in [0.15, 0.2) is 0 Å². The maximum atomic E-state index is 12.6. The van der Waals surface area contributed by atoms with E-state index in [9.17, 15) is 14.9 Å². The summed E-state index contributed by atoms with van der Waals surface area (Å²) in [4.78, 5) is 30.0. The minimum atomic E-state index is -0.857. The van der Waals surface area contributed by atoms with Crippen molar-refractivity contribution in [3.63, 3.8) is 0 Å². The number of ether oxygens (including phenoxy) is 1. The normalized spacial score (nSPS) is 18.3. The Hall–Kier alpha value is -4.19. The fourth-order valence-corrected chi connectivity index (χ4v) is 5.27. The first kappa shape index (κ1) is 23.5. The average Bonchev–Trinajstić information content (AvgIpc) is 3.53. The molecule has 1 aliphatic heterocycles. The Labute approximate surface area is 208 Å². The number of aromatic nitrogens is 2. The molecule has 1 N–H and O–H groups in total. The summed E-state index contributed by atoms with van der Waals surface area (Å²) < 4.78 is 11.3. The minimum absolute atomic E-state index is 0.0395. The number of aliphatic carboxylic acids is 1. The Morgan fingerprint density at radius 3 is 2.89 bits per heavy atom. The second-order valence-electron chi connectivity index (χ2n) is 9.48. The fourth-order valence-electron chi connectivity index (χ4n) is 5.27. The van der Waals surface area contributed by atoms with Crippen molar-refractivity contribution >= 4 is 11.9 Å². The van der Waals surface area contributed by atoms with E-state index in [1.165, 1.54) is 0 Å². The number of rotatable bonds is 8. The zero-order valence-corrected chi connectivity index (χ0v) is 20.1. The molecule has 2 heterocycles. The van der Waals surface area contributed by atoms with Gasteiger partial charge in [0.25, 0.3) is 5.89 Å². The van der Waals surface area contributed by atoms with E-state index in [0.717, 1.165) is 23.1 Å². The second-order valence-corrected chi connectivity index (χ2v) is 9.48. The first-order valence-electron chi connectivity index (χ1n) is 12.0. The topological polar surface area (TPSA) is 130 Å². The number of amides is 1. The minimum Gasteiger partial charge on any atom is -0.490 e. The number of carboxylic acid groups (broad SMARTS) is 1. The Morgan fingerprint density at radius 1 is 1.31 bits per heavy atom. The van der Waals surface area contributed by atoms with Crippen LogP contribution >= 0.6 is 0 Å². The number of hydrogen-bond acceptors (Lipinski definition) is 7. The van der Waals surface area contributed by atoms with Crippen molar-refractivity contribution in [3.05, 3.63) is 53.1 Å². The van der Waals surface area contributed by atoms with Crippen molar-refractivity contribution in [2.75, 3.05) is 6.54 Å². The van der Waals surface area contributed by atoms with Gasteiger partial charge < -0.3 is 19.3 Å². The van der Waals surface area contributed by atoms with Crippen LogP contribution in [-0.4, -0.2) is 44.7 Å². The fraction of sp³-hybridized carbons (Fsp3) is 0.370. The highest BCUT2D eigenvalue weighted by molar-refractivity contribution is 5.81. The van der Waals surface area contributed by atoms with E-state index in [0.29, 0.717) is 48.0 Å². The summed E-state index contributed by atoms with van der Waals surface area (Å²) >= 11 is 0. The molecule has 9 nitrogen and oxygen atoms in total. The first-order chi connectivity index (χ1) is 17.4. The molecule has 0 radical (unpaired) electrons. The molecule has 1 saturated heterocycles. The van der Waals surface area contributed by atoms with Crippen molar-refractivity contribution in [1.82, 2.24) is 15.0 Å². The SMILES string of the molecule is CC(C)Oc1ccc(-c2nc(-c3cccc4c3C[C@H]3CC(=O)N(CCCC(=O)O)[C@@H]43)no2)cc1C#N. The largest absolute Gasteiger partial charge is 0.490 e. The lowest BCUT2D eigenvalue weighted by atomic mass is 10.0. The summed E-state index contributed by atoms with van der Waals surface area (Å²) in [5.41, 5.74) is 4.03. The van der Waals surface area contributed by atoms with E-state index in [1.807, 2.05) is 36.9 Å². The number of fused-ring (bicyclic) bond motifs is 3. The van der Waals surface area contributed by atoms with Gasteiger partial charge in [0, 0.05) is 30.5 Å². The molecule has 1 fully saturated rings. The number of hydrogen-bond donors (Lipinski definition) is 1. The summed E-state index contributed by atoms with van der Waals surface area (Å²) in [6, 6.07) is 13.2. The van der Waals surface area contributed by atoms with Gasteiger partial charge in [0.05, 0.1) is 17.7 Å². The van der Waals surface area contributed by atoms with Crippen molar-refractivity contribution in [2.24, 2.45) is 5.92 Å². The van der Waals surface area contributed by atoms with Crippen LogP contribution in [0.5, 0.6) is 5.75 Å². The molecule has 0 spiro atoms. The molecule has 5 rings (SSSR count). The Kier molecular flexibility index (Phi) is 6.18. The van der Waals surface area contributed by atoms with Crippen molar-refractivity contribution < 1.29 is 24.0 Å². The molecular formula is C27H26N4O5. The smallest absolute Gasteiger partial charge is 0.303 e. The van der Waals surface area contributed by atoms with Crippen LogP contribution in [0.15, 0.2) is 40.9 Å². The summed E-state index contributed by atoms with van der Waals surface area (Å²) in [6.45, 7) is 4.23. The van der Waals surface area contributed by atoms with Gasteiger partial charge in [-0.05, 0) is 61.9 Å². The molecule has 1 aromatic heterocycles. The van der Waals surface area contributed by atoms with E-state index in [1.54, 1.807) is 18.2 Å². The highest BCUT2D eigenvalue weighted by Gasteiger charge is 2.46. The third-order valence-electron chi connectivity index (χ3n) is 6.70. The maximum absolute atomic E-state index is 12.6. The van der Waals surface area contributed by atoms with Crippen molar-refractivity contribution in [3.8, 4) is 34.7 Å². The van der Waals surface area contributed by atoms with Gasteiger partial charge in [-0.1, -0.05) is 23.4 Å². The van der Waals surface area contributed by atoms with Gasteiger partial charge in [0.2, 0.25) is 11.7 Å². The third kappa shape index (κ3) is 4.31. The molecule has 1 aliphatic carbocycles. The third-order valence-corrected chi connectivity index (χ3v) is 6.70. The Balaban J connectivity index is 1.42. The summed E-state index contributed by atoms with van der Waals surface area (Å²) in [5, 5.41) is 22.7. The molecule has 3 aromatic rings. The predicted molar refractivity (Wildman–Crippen MR) is 129 cm³/mol.